The number of nitrogens with zero attached hydrogens (tertiary/aromatic N) is 1. The van der Waals surface area contributed by atoms with Crippen LogP contribution in [0.25, 0.3) is 10.8 Å². The zero-order valence-electron chi connectivity index (χ0n) is 26.8. The van der Waals surface area contributed by atoms with Gasteiger partial charge in [0, 0.05) is 11.2 Å². The quantitative estimate of drug-likeness (QED) is 0.289. The molecule has 3 rings (SSSR count). The summed E-state index contributed by atoms with van der Waals surface area (Å²) in [6, 6.07) is 17.8. The highest BCUT2D eigenvalue weighted by Crippen LogP contribution is 2.34. The topological polar surface area (TPSA) is 87.7 Å². The number of ether oxygens (including phenoxy) is 1. The third-order valence-electron chi connectivity index (χ3n) is 6.91. The largest absolute Gasteiger partial charge is 0.444 e. The molecule has 0 radical (unpaired) electrons. The van der Waals surface area contributed by atoms with Crippen molar-refractivity contribution in [3.05, 3.63) is 77.4 Å². The monoisotopic (exact) mass is 573 g/mol. The zero-order valence-corrected chi connectivity index (χ0v) is 26.8. The number of benzene rings is 3. The number of rotatable bonds is 8. The van der Waals surface area contributed by atoms with Crippen LogP contribution < -0.4 is 10.6 Å². The van der Waals surface area contributed by atoms with Crippen molar-refractivity contribution < 1.29 is 19.1 Å². The number of amides is 3. The summed E-state index contributed by atoms with van der Waals surface area (Å²) >= 11 is 0. The lowest BCUT2D eigenvalue weighted by Crippen LogP contribution is -2.58. The summed E-state index contributed by atoms with van der Waals surface area (Å²) in [6.45, 7) is 19.0. The Hall–Kier alpha value is -3.87. The second kappa shape index (κ2) is 13.0. The minimum atomic E-state index is -0.959. The molecule has 0 saturated carbocycles. The van der Waals surface area contributed by atoms with E-state index in [0.29, 0.717) is 12.1 Å². The second-order valence-electron chi connectivity index (χ2n) is 13.5. The fourth-order valence-electron chi connectivity index (χ4n) is 5.09. The predicted molar refractivity (Wildman–Crippen MR) is 170 cm³/mol. The zero-order chi connectivity index (χ0) is 31.4. The van der Waals surface area contributed by atoms with Gasteiger partial charge >= 0.3 is 6.09 Å². The van der Waals surface area contributed by atoms with Gasteiger partial charge in [0.25, 0.3) is 5.91 Å². The van der Waals surface area contributed by atoms with Crippen LogP contribution in [0.5, 0.6) is 0 Å². The van der Waals surface area contributed by atoms with Gasteiger partial charge in [0.15, 0.2) is 0 Å². The van der Waals surface area contributed by atoms with Crippen molar-refractivity contribution in [2.24, 2.45) is 5.92 Å². The normalized spacial score (nSPS) is 13.4. The predicted octanol–water partition coefficient (Wildman–Crippen LogP) is 7.70. The molecule has 42 heavy (non-hydrogen) atoms. The van der Waals surface area contributed by atoms with Crippen molar-refractivity contribution in [1.82, 2.24) is 10.2 Å². The Morgan fingerprint density at radius 1 is 0.857 bits per heavy atom. The van der Waals surface area contributed by atoms with E-state index in [2.05, 4.69) is 10.6 Å². The maximum Gasteiger partial charge on any atom is 0.408 e. The average Bonchev–Trinajstić information content (AvgIpc) is 2.85. The van der Waals surface area contributed by atoms with Crippen LogP contribution in [-0.4, -0.2) is 40.0 Å². The minimum Gasteiger partial charge on any atom is -0.444 e. The van der Waals surface area contributed by atoms with Crippen molar-refractivity contribution in [2.75, 3.05) is 5.32 Å². The van der Waals surface area contributed by atoms with E-state index in [-0.39, 0.29) is 17.7 Å². The molecule has 7 nitrogen and oxygen atoms in total. The molecule has 0 aromatic heterocycles. The van der Waals surface area contributed by atoms with Crippen molar-refractivity contribution in [3.63, 3.8) is 0 Å². The summed E-state index contributed by atoms with van der Waals surface area (Å²) in [5, 5.41) is 7.98. The molecular weight excluding hydrogens is 526 g/mol. The van der Waals surface area contributed by atoms with Crippen LogP contribution in [0, 0.1) is 19.8 Å². The van der Waals surface area contributed by atoms with Crippen molar-refractivity contribution in [1.29, 1.82) is 0 Å². The fourth-order valence-corrected chi connectivity index (χ4v) is 5.09. The first-order valence-electron chi connectivity index (χ1n) is 14.7. The van der Waals surface area contributed by atoms with E-state index < -0.39 is 29.3 Å². The molecule has 2 N–H and O–H groups in total. The van der Waals surface area contributed by atoms with Crippen molar-refractivity contribution in [3.8, 4) is 0 Å². The van der Waals surface area contributed by atoms with E-state index in [4.69, 9.17) is 4.74 Å². The highest BCUT2D eigenvalue weighted by atomic mass is 16.6. The van der Waals surface area contributed by atoms with Gasteiger partial charge < -0.3 is 20.3 Å². The number of hydrogen-bond acceptors (Lipinski definition) is 4. The van der Waals surface area contributed by atoms with Gasteiger partial charge in [-0.05, 0) is 102 Å². The lowest BCUT2D eigenvalue weighted by Gasteiger charge is -2.43. The van der Waals surface area contributed by atoms with Gasteiger partial charge in [-0.25, -0.2) is 4.79 Å². The summed E-state index contributed by atoms with van der Waals surface area (Å²) in [5.41, 5.74) is 1.75. The van der Waals surface area contributed by atoms with Crippen molar-refractivity contribution >= 4 is 34.4 Å². The Kier molecular flexibility index (Phi) is 10.1. The molecule has 2 atom stereocenters. The molecule has 0 spiro atoms. The molecule has 3 aromatic carbocycles. The van der Waals surface area contributed by atoms with Gasteiger partial charge in [-0.2, -0.15) is 0 Å². The van der Waals surface area contributed by atoms with E-state index in [0.717, 1.165) is 27.5 Å². The van der Waals surface area contributed by atoms with Crippen LogP contribution in [0.1, 0.15) is 84.5 Å². The molecule has 226 valence electrons. The SMILES string of the molecule is Cc1ccc(C)c(C(C(=O)Nc2ccc3ccccc3c2)N(C(=O)C(CC(C)C)NC(=O)OC(C)(C)C)C(C)(C)C)c1. The first-order chi connectivity index (χ1) is 19.5. The van der Waals surface area contributed by atoms with Gasteiger partial charge in [-0.15, -0.1) is 0 Å². The number of carbonyl (C=O) groups is 3. The molecular formula is C35H47N3O4. The van der Waals surface area contributed by atoms with Crippen LogP contribution in [0.3, 0.4) is 0 Å². The summed E-state index contributed by atoms with van der Waals surface area (Å²) < 4.78 is 5.51. The molecule has 2 unspecified atom stereocenters. The summed E-state index contributed by atoms with van der Waals surface area (Å²) in [5.74, 6) is -0.578. The smallest absolute Gasteiger partial charge is 0.408 e. The maximum absolute atomic E-state index is 14.5. The third kappa shape index (κ3) is 8.57. The Labute approximate surface area is 251 Å². The molecule has 0 fully saturated rings. The average molecular weight is 574 g/mol. The van der Waals surface area contributed by atoms with Crippen molar-refractivity contribution in [2.45, 2.75) is 98.9 Å². The van der Waals surface area contributed by atoms with E-state index in [9.17, 15) is 14.4 Å². The molecule has 3 amide bonds. The standard InChI is InChI=1S/C35H47N3O4/c1-22(2)19-29(37-33(41)42-35(8,9)10)32(40)38(34(5,6)7)30(28-20-23(3)15-16-24(28)4)31(39)36-27-18-17-25-13-11-12-14-26(25)21-27/h11-18,20-22,29-30H,19H2,1-10H3,(H,36,39)(H,37,41). The van der Waals surface area contributed by atoms with Crippen LogP contribution in [0.15, 0.2) is 60.7 Å². The molecule has 0 aliphatic rings. The Balaban J connectivity index is 2.11. The van der Waals surface area contributed by atoms with Gasteiger partial charge in [0.1, 0.15) is 17.7 Å². The lowest BCUT2D eigenvalue weighted by molar-refractivity contribution is -0.147. The Morgan fingerprint density at radius 2 is 1.50 bits per heavy atom. The molecule has 0 aliphatic carbocycles. The number of hydrogen-bond donors (Lipinski definition) is 2. The van der Waals surface area contributed by atoms with Crippen LogP contribution >= 0.6 is 0 Å². The van der Waals surface area contributed by atoms with E-state index in [1.165, 1.54) is 0 Å². The second-order valence-corrected chi connectivity index (χ2v) is 13.5. The number of alkyl carbamates (subject to hydrolysis) is 1. The highest BCUT2D eigenvalue weighted by Gasteiger charge is 2.42. The molecule has 0 bridgehead atoms. The lowest BCUT2D eigenvalue weighted by atomic mass is 9.91. The highest BCUT2D eigenvalue weighted by molar-refractivity contribution is 6.00. The van der Waals surface area contributed by atoms with Gasteiger partial charge in [0.05, 0.1) is 0 Å². The summed E-state index contributed by atoms with van der Waals surface area (Å²) in [7, 11) is 0. The summed E-state index contributed by atoms with van der Waals surface area (Å²) in [6.07, 6.45) is -0.282. The Bertz CT molecular complexity index is 1430. The van der Waals surface area contributed by atoms with Crippen LogP contribution in [-0.2, 0) is 14.3 Å². The number of fused-ring (bicyclic) bond motifs is 1. The van der Waals surface area contributed by atoms with Crippen LogP contribution in [0.4, 0.5) is 10.5 Å². The fraction of sp³-hybridized carbons (Fsp3) is 0.457. The molecule has 0 heterocycles. The van der Waals surface area contributed by atoms with E-state index in [1.807, 2.05) is 109 Å². The third-order valence-corrected chi connectivity index (χ3v) is 6.91. The maximum atomic E-state index is 14.5. The minimum absolute atomic E-state index is 0.0984. The molecule has 3 aromatic rings. The number of aryl methyl sites for hydroxylation is 2. The van der Waals surface area contributed by atoms with Gasteiger partial charge in [-0.3, -0.25) is 9.59 Å². The number of anilines is 1. The number of nitrogens with one attached hydrogen (secondary N) is 2. The van der Waals surface area contributed by atoms with Gasteiger partial charge in [-0.1, -0.05) is 67.9 Å². The number of carbonyl (C=O) groups excluding carboxylic acids is 3. The summed E-state index contributed by atoms with van der Waals surface area (Å²) in [4.78, 5) is 43.4. The van der Waals surface area contributed by atoms with Crippen LogP contribution in [0.2, 0.25) is 0 Å². The molecule has 0 aliphatic heterocycles. The van der Waals surface area contributed by atoms with E-state index in [1.54, 1.807) is 25.7 Å². The molecule has 0 saturated heterocycles. The first-order valence-corrected chi connectivity index (χ1v) is 14.7. The van der Waals surface area contributed by atoms with E-state index >= 15 is 0 Å². The molecule has 7 heteroatoms. The Morgan fingerprint density at radius 3 is 2.10 bits per heavy atom. The van der Waals surface area contributed by atoms with Gasteiger partial charge in [0.2, 0.25) is 5.91 Å². The first kappa shape index (κ1) is 32.6.